The number of rotatable bonds is 3. The van der Waals surface area contributed by atoms with Gasteiger partial charge in [0.2, 0.25) is 0 Å². The number of hydrogen-bond donors (Lipinski definition) is 5. The summed E-state index contributed by atoms with van der Waals surface area (Å²) in [4.78, 5) is 28.0. The van der Waals surface area contributed by atoms with Crippen LogP contribution in [0.5, 0.6) is 0 Å². The fourth-order valence-electron chi connectivity index (χ4n) is 0.264. The Bertz CT molecular complexity index is 205. The molecule has 0 aliphatic carbocycles. The van der Waals surface area contributed by atoms with Gasteiger partial charge in [-0.2, -0.15) is 0 Å². The molecule has 0 aliphatic rings. The summed E-state index contributed by atoms with van der Waals surface area (Å²) in [5, 5.41) is 48.1. The number of hydrogen-bond acceptors (Lipinski definition) is 6. The van der Waals surface area contributed by atoms with Crippen molar-refractivity contribution >= 4 is 18.1 Å². The van der Waals surface area contributed by atoms with E-state index in [4.69, 9.17) is 30.3 Å². The second kappa shape index (κ2) is 10.3. The first-order valence-electron chi connectivity index (χ1n) is 2.91. The maximum atomic E-state index is 9.74. The van der Waals surface area contributed by atoms with E-state index in [0.29, 0.717) is 0 Å². The van der Waals surface area contributed by atoms with Gasteiger partial charge in [-0.1, -0.05) is 0 Å². The molecule has 82 valence electrons. The van der Waals surface area contributed by atoms with Crippen LogP contribution in [0.1, 0.15) is 0 Å². The van der Waals surface area contributed by atoms with Crippen molar-refractivity contribution in [1.29, 1.82) is 0 Å². The molecule has 0 aromatic carbocycles. The van der Waals surface area contributed by atoms with E-state index in [1.165, 1.54) is 0 Å². The van der Waals surface area contributed by atoms with Crippen molar-refractivity contribution in [3.8, 4) is 0 Å². The number of carboxylic acids is 2. The van der Waals surface area contributed by atoms with Gasteiger partial charge >= 0.3 is 63.5 Å². The third kappa shape index (κ3) is 13.8. The quantitative estimate of drug-likeness (QED) is 0.305. The zero-order valence-electron chi connectivity index (χ0n) is 7.52. The maximum absolute atomic E-state index is 9.74. The van der Waals surface area contributed by atoms with Crippen molar-refractivity contribution < 1.29 is 96.4 Å². The van der Waals surface area contributed by atoms with Crippen molar-refractivity contribution in [1.82, 2.24) is 0 Å². The summed E-state index contributed by atoms with van der Waals surface area (Å²) in [6.07, 6.45) is -6.54. The molecule has 15 heavy (non-hydrogen) atoms. The number of aliphatic hydroxyl groups is 2. The van der Waals surface area contributed by atoms with E-state index < -0.39 is 30.3 Å². The van der Waals surface area contributed by atoms with Crippen LogP contribution in [0.4, 0.5) is 4.79 Å². The van der Waals surface area contributed by atoms with Gasteiger partial charge in [-0.25, -0.2) is 9.59 Å². The van der Waals surface area contributed by atoms with Crippen LogP contribution in [0.2, 0.25) is 0 Å². The minimum atomic E-state index is -2.38. The van der Waals surface area contributed by atoms with Gasteiger partial charge in [-0.05, 0) is 0 Å². The predicted molar refractivity (Wildman–Crippen MR) is 35.3 cm³/mol. The Morgan fingerprint density at radius 3 is 1.27 bits per heavy atom. The summed E-state index contributed by atoms with van der Waals surface area (Å²) >= 11 is 0. The largest absolute Gasteiger partial charge is 1.00 e. The van der Waals surface area contributed by atoms with E-state index in [1.807, 2.05) is 0 Å². The van der Waals surface area contributed by atoms with E-state index in [2.05, 4.69) is 0 Å². The molecule has 0 radical (unpaired) electrons. The fourth-order valence-corrected chi connectivity index (χ4v) is 0.264. The van der Waals surface area contributed by atoms with Gasteiger partial charge in [0.1, 0.15) is 6.10 Å². The summed E-state index contributed by atoms with van der Waals surface area (Å²) in [5.41, 5.74) is 0. The number of carboxylic acid groups (broad SMARTS) is 4. The maximum Gasteiger partial charge on any atom is 1.00 e. The first-order valence-corrected chi connectivity index (χ1v) is 2.91. The van der Waals surface area contributed by atoms with Crippen LogP contribution in [-0.4, -0.2) is 55.8 Å². The number of carbonyl (C=O) groups excluding carboxylic acids is 1. The molecule has 0 rings (SSSR count). The van der Waals surface area contributed by atoms with Crippen molar-refractivity contribution in [2.24, 2.45) is 0 Å². The molecular weight excluding hydrogens is 243 g/mol. The van der Waals surface area contributed by atoms with Gasteiger partial charge in [0.25, 0.3) is 0 Å². The molecule has 0 aromatic rings. The Balaban J connectivity index is -0.000000249. The Labute approximate surface area is 125 Å². The minimum absolute atomic E-state index is 0. The molecule has 0 aliphatic heterocycles. The van der Waals surface area contributed by atoms with Crippen molar-refractivity contribution in [3.05, 3.63) is 0 Å². The second-order valence-electron chi connectivity index (χ2n) is 1.83. The summed E-state index contributed by atoms with van der Waals surface area (Å²) in [7, 11) is 0. The molecule has 10 heteroatoms. The van der Waals surface area contributed by atoms with Crippen LogP contribution in [0, 0.1) is 0 Å². The van der Waals surface area contributed by atoms with E-state index >= 15 is 0 Å². The monoisotopic (exact) mass is 250 g/mol. The van der Waals surface area contributed by atoms with Gasteiger partial charge in [0.15, 0.2) is 6.10 Å². The topological polar surface area (TPSA) is 175 Å². The van der Waals surface area contributed by atoms with Gasteiger partial charge in [-0.15, -0.1) is 0 Å². The number of aliphatic carboxylic acids is 2. The average molecular weight is 250 g/mol. The molecule has 0 spiro atoms. The fraction of sp³-hybridized carbons (Fsp3) is 0.400. The second-order valence-corrected chi connectivity index (χ2v) is 1.83. The van der Waals surface area contributed by atoms with Gasteiger partial charge in [0.05, 0.1) is 5.97 Å². The smallest absolute Gasteiger partial charge is 0.547 e. The van der Waals surface area contributed by atoms with Crippen molar-refractivity contribution in [3.63, 3.8) is 0 Å². The first-order chi connectivity index (χ1) is 6.20. The number of carbonyl (C=O) groups is 3. The summed E-state index contributed by atoms with van der Waals surface area (Å²) in [6, 6.07) is 0. The van der Waals surface area contributed by atoms with Crippen LogP contribution in [0.25, 0.3) is 0 Å². The van der Waals surface area contributed by atoms with E-state index in [-0.39, 0.29) is 51.4 Å². The molecule has 0 amide bonds. The molecule has 0 bridgehead atoms. The Hall–Kier alpha value is -0.234. The Morgan fingerprint density at radius 1 is 0.933 bits per heavy atom. The molecule has 0 saturated heterocycles. The zero-order valence-corrected chi connectivity index (χ0v) is 10.6. The molecule has 2 unspecified atom stereocenters. The van der Waals surface area contributed by atoms with Gasteiger partial charge in [0, 0.05) is 0 Å². The molecule has 0 saturated carbocycles. The Kier molecular flexibility index (Phi) is 13.9. The molecule has 0 heterocycles. The molecule has 0 aromatic heterocycles. The predicted octanol–water partition coefficient (Wildman–Crippen LogP) is -6.23. The normalized spacial score (nSPS) is 12.1. The summed E-state index contributed by atoms with van der Waals surface area (Å²) in [5.74, 6) is -3.83. The van der Waals surface area contributed by atoms with Gasteiger partial charge in [-0.3, -0.25) is 0 Å². The minimum Gasteiger partial charge on any atom is -0.547 e. The average Bonchev–Trinajstić information content (AvgIpc) is 2.00. The molecule has 0 fully saturated rings. The van der Waals surface area contributed by atoms with Crippen molar-refractivity contribution in [2.45, 2.75) is 12.2 Å². The van der Waals surface area contributed by atoms with E-state index in [0.717, 1.165) is 0 Å². The van der Waals surface area contributed by atoms with Crippen LogP contribution in [-0.2, 0) is 9.59 Å². The van der Waals surface area contributed by atoms with Crippen LogP contribution < -0.4 is 56.5 Å². The third-order valence-electron chi connectivity index (χ3n) is 0.794. The molecule has 9 nitrogen and oxygen atoms in total. The van der Waals surface area contributed by atoms with E-state index in [1.54, 1.807) is 0 Å². The van der Waals surface area contributed by atoms with Crippen molar-refractivity contribution in [2.75, 3.05) is 0 Å². The van der Waals surface area contributed by atoms with Crippen LogP contribution >= 0.6 is 0 Å². The summed E-state index contributed by atoms with van der Waals surface area (Å²) < 4.78 is 0. The third-order valence-corrected chi connectivity index (χ3v) is 0.794. The Morgan fingerprint density at radius 2 is 1.20 bits per heavy atom. The van der Waals surface area contributed by atoms with Gasteiger partial charge < -0.3 is 35.4 Å². The number of aliphatic hydroxyl groups excluding tert-OH is 2. The standard InChI is InChI=1S/C4H6O6.CH2O3.K/c5-1(3(7)8)2(6)4(9)10;2-1(3)4;/h1-2,5-6H,(H,7,8)(H,9,10);(H2,2,3,4);/q;;+1/p-1. The molecule has 2 atom stereocenters. The van der Waals surface area contributed by atoms with Crippen LogP contribution in [0.3, 0.4) is 0 Å². The molecular formula is C5H7KO9. The zero-order chi connectivity index (χ0) is 11.9. The summed E-state index contributed by atoms with van der Waals surface area (Å²) in [6.45, 7) is 0. The van der Waals surface area contributed by atoms with E-state index in [9.17, 15) is 14.7 Å². The van der Waals surface area contributed by atoms with Crippen LogP contribution in [0.15, 0.2) is 0 Å². The first kappa shape index (κ1) is 20.2. The molecule has 5 N–H and O–H groups in total. The SMILES string of the molecule is O=C(O)O.O=C([O-])C(O)C(O)C(=O)O.[K+].